The van der Waals surface area contributed by atoms with E-state index in [-0.39, 0.29) is 27.8 Å². The number of fused-ring (bicyclic) bond motifs is 1. The van der Waals surface area contributed by atoms with Crippen molar-refractivity contribution in [3.8, 4) is 11.4 Å². The summed E-state index contributed by atoms with van der Waals surface area (Å²) in [5.41, 5.74) is -5.02. The van der Waals surface area contributed by atoms with E-state index < -0.39 is 59.8 Å². The van der Waals surface area contributed by atoms with Gasteiger partial charge in [0.25, 0.3) is 5.56 Å². The van der Waals surface area contributed by atoms with E-state index in [0.717, 1.165) is 52.6 Å². The van der Waals surface area contributed by atoms with Gasteiger partial charge in [0.05, 0.1) is 35.0 Å². The molecule has 2 heterocycles. The molecule has 0 amide bonds. The number of benzene rings is 2. The van der Waals surface area contributed by atoms with Gasteiger partial charge in [-0.05, 0) is 42.3 Å². The Hall–Kier alpha value is -4.76. The van der Waals surface area contributed by atoms with E-state index in [1.165, 1.54) is 13.1 Å². The summed E-state index contributed by atoms with van der Waals surface area (Å²) >= 11 is 0. The fourth-order valence-electron chi connectivity index (χ4n) is 4.28. The SMILES string of the molecule is Cc1c(Cn2c(=O)c(OC(=O)O)cn(-c3ccc4c(c3)n(C)c(=O)n4CC(F)(F)F)c2=O)cccc1C(F)(F)F. The van der Waals surface area contributed by atoms with Crippen LogP contribution in [-0.2, 0) is 26.3 Å². The molecule has 10 nitrogen and oxygen atoms in total. The van der Waals surface area contributed by atoms with Crippen molar-refractivity contribution in [1.29, 1.82) is 0 Å². The van der Waals surface area contributed by atoms with Gasteiger partial charge in [0.1, 0.15) is 6.54 Å². The fraction of sp³-hybridized carbons (Fsp3) is 0.250. The van der Waals surface area contributed by atoms with Crippen molar-refractivity contribution in [2.75, 3.05) is 0 Å². The van der Waals surface area contributed by atoms with Gasteiger partial charge in [-0.25, -0.2) is 14.4 Å². The monoisotopic (exact) mass is 572 g/mol. The topological polar surface area (TPSA) is 117 Å². The molecule has 0 spiro atoms. The fourth-order valence-corrected chi connectivity index (χ4v) is 4.28. The van der Waals surface area contributed by atoms with Crippen molar-refractivity contribution in [1.82, 2.24) is 18.3 Å². The molecule has 1 N–H and O–H groups in total. The summed E-state index contributed by atoms with van der Waals surface area (Å²) in [6.07, 6.45) is -10.6. The maximum atomic E-state index is 13.4. The maximum absolute atomic E-state index is 13.4. The summed E-state index contributed by atoms with van der Waals surface area (Å²) in [6.45, 7) is -1.15. The highest BCUT2D eigenvalue weighted by molar-refractivity contribution is 5.78. The smallest absolute Gasteiger partial charge is 0.449 e. The van der Waals surface area contributed by atoms with Crippen molar-refractivity contribution >= 4 is 17.2 Å². The molecule has 212 valence electrons. The zero-order chi connectivity index (χ0) is 29.7. The van der Waals surface area contributed by atoms with Crippen LogP contribution in [0.4, 0.5) is 31.1 Å². The number of rotatable bonds is 5. The van der Waals surface area contributed by atoms with Gasteiger partial charge in [-0.3, -0.25) is 23.1 Å². The van der Waals surface area contributed by atoms with Crippen LogP contribution in [0, 0.1) is 6.92 Å². The summed E-state index contributed by atoms with van der Waals surface area (Å²) in [5, 5.41) is 9.06. The molecule has 0 aliphatic carbocycles. The van der Waals surface area contributed by atoms with Crippen LogP contribution in [0.15, 0.2) is 57.0 Å². The lowest BCUT2D eigenvalue weighted by Gasteiger charge is -2.16. The molecule has 40 heavy (non-hydrogen) atoms. The average Bonchev–Trinajstić information content (AvgIpc) is 3.06. The number of nitrogens with zero attached hydrogens (tertiary/aromatic N) is 4. The molecular weight excluding hydrogens is 554 g/mol. The Morgan fingerprint density at radius 2 is 1.62 bits per heavy atom. The lowest BCUT2D eigenvalue weighted by molar-refractivity contribution is -0.140. The van der Waals surface area contributed by atoms with Gasteiger partial charge in [0.2, 0.25) is 5.75 Å². The van der Waals surface area contributed by atoms with Gasteiger partial charge < -0.3 is 9.84 Å². The van der Waals surface area contributed by atoms with E-state index in [4.69, 9.17) is 5.11 Å². The summed E-state index contributed by atoms with van der Waals surface area (Å²) in [7, 11) is 1.19. The number of halogens is 6. The number of ether oxygens (including phenoxy) is 1. The number of carbonyl (C=O) groups is 1. The van der Waals surface area contributed by atoms with Gasteiger partial charge in [-0.1, -0.05) is 12.1 Å². The van der Waals surface area contributed by atoms with Crippen LogP contribution >= 0.6 is 0 Å². The normalized spacial score (nSPS) is 12.2. The molecule has 0 fully saturated rings. The van der Waals surface area contributed by atoms with E-state index in [9.17, 15) is 45.5 Å². The number of alkyl halides is 6. The van der Waals surface area contributed by atoms with Gasteiger partial charge in [0.15, 0.2) is 0 Å². The summed E-state index contributed by atoms with van der Waals surface area (Å²) in [5.74, 6) is -0.875. The summed E-state index contributed by atoms with van der Waals surface area (Å²) < 4.78 is 86.3. The van der Waals surface area contributed by atoms with Crippen LogP contribution in [0.3, 0.4) is 0 Å². The first kappa shape index (κ1) is 28.3. The summed E-state index contributed by atoms with van der Waals surface area (Å²) in [4.78, 5) is 49.9. The lowest BCUT2D eigenvalue weighted by atomic mass is 10.0. The molecule has 4 aromatic rings. The molecule has 0 saturated carbocycles. The third kappa shape index (κ3) is 5.23. The second-order valence-corrected chi connectivity index (χ2v) is 8.71. The van der Waals surface area contributed by atoms with Crippen molar-refractivity contribution in [2.45, 2.75) is 32.4 Å². The minimum absolute atomic E-state index is 0.0363. The highest BCUT2D eigenvalue weighted by atomic mass is 19.4. The molecule has 0 bridgehead atoms. The third-order valence-electron chi connectivity index (χ3n) is 6.16. The zero-order valence-corrected chi connectivity index (χ0v) is 20.5. The Labute approximate surface area is 218 Å². The number of imidazole rings is 1. The molecule has 4 rings (SSSR count). The molecule has 2 aromatic heterocycles. The molecule has 0 unspecified atom stereocenters. The Balaban J connectivity index is 1.93. The predicted octanol–water partition coefficient (Wildman–Crippen LogP) is 3.65. The van der Waals surface area contributed by atoms with Crippen molar-refractivity contribution in [2.24, 2.45) is 7.05 Å². The zero-order valence-electron chi connectivity index (χ0n) is 20.5. The lowest BCUT2D eigenvalue weighted by Crippen LogP contribution is -2.40. The van der Waals surface area contributed by atoms with E-state index >= 15 is 0 Å². The highest BCUT2D eigenvalue weighted by Gasteiger charge is 2.33. The number of aromatic nitrogens is 4. The number of hydrogen-bond acceptors (Lipinski definition) is 5. The second kappa shape index (κ2) is 9.77. The summed E-state index contributed by atoms with van der Waals surface area (Å²) in [6, 6.07) is 6.55. The van der Waals surface area contributed by atoms with Gasteiger partial charge in [-0.15, -0.1) is 0 Å². The first-order valence-electron chi connectivity index (χ1n) is 11.2. The average molecular weight is 572 g/mol. The first-order valence-corrected chi connectivity index (χ1v) is 11.2. The predicted molar refractivity (Wildman–Crippen MR) is 127 cm³/mol. The maximum Gasteiger partial charge on any atom is 0.511 e. The highest BCUT2D eigenvalue weighted by Crippen LogP contribution is 2.33. The number of aryl methyl sites for hydroxylation is 1. The molecule has 16 heteroatoms. The van der Waals surface area contributed by atoms with Crippen LogP contribution in [0.2, 0.25) is 0 Å². The van der Waals surface area contributed by atoms with E-state index in [0.29, 0.717) is 9.13 Å². The van der Waals surface area contributed by atoms with Gasteiger partial charge in [0, 0.05) is 7.05 Å². The third-order valence-corrected chi connectivity index (χ3v) is 6.16. The number of hydrogen-bond donors (Lipinski definition) is 1. The standard InChI is InChI=1S/C24H18F6N4O6/c1-12-13(4-3-5-15(12)24(28,29)30)9-33-19(35)18(40-22(38)39)10-32(21(33)37)14-6-7-16-17(8-14)31(2)20(36)34(16)11-23(25,26)27/h3-8,10H,9,11H2,1-2H3,(H,38,39). The number of carboxylic acid groups (broad SMARTS) is 1. The van der Waals surface area contributed by atoms with Crippen LogP contribution < -0.4 is 21.7 Å². The minimum atomic E-state index is -4.73. The molecule has 0 saturated heterocycles. The first-order chi connectivity index (χ1) is 18.5. The van der Waals surface area contributed by atoms with E-state index in [1.807, 2.05) is 0 Å². The largest absolute Gasteiger partial charge is 0.511 e. The van der Waals surface area contributed by atoms with E-state index in [2.05, 4.69) is 4.74 Å². The minimum Gasteiger partial charge on any atom is -0.449 e. The van der Waals surface area contributed by atoms with Crippen LogP contribution in [0.5, 0.6) is 5.75 Å². The van der Waals surface area contributed by atoms with Crippen LogP contribution in [0.25, 0.3) is 16.7 Å². The Kier molecular flexibility index (Phi) is 6.90. The van der Waals surface area contributed by atoms with Gasteiger partial charge in [-0.2, -0.15) is 26.3 Å². The molecule has 0 radical (unpaired) electrons. The van der Waals surface area contributed by atoms with Crippen LogP contribution in [0.1, 0.15) is 16.7 Å². The molecular formula is C24H18F6N4O6. The van der Waals surface area contributed by atoms with Crippen molar-refractivity contribution < 1.29 is 41.0 Å². The Bertz CT molecular complexity index is 1830. The van der Waals surface area contributed by atoms with E-state index in [1.54, 1.807) is 0 Å². The van der Waals surface area contributed by atoms with Crippen LogP contribution in [-0.4, -0.2) is 35.7 Å². The van der Waals surface area contributed by atoms with Gasteiger partial charge >= 0.3 is 29.9 Å². The molecule has 2 aromatic carbocycles. The molecule has 0 aliphatic rings. The Morgan fingerprint density at radius 1 is 0.950 bits per heavy atom. The second-order valence-electron chi connectivity index (χ2n) is 8.71. The quantitative estimate of drug-likeness (QED) is 0.288. The molecule has 0 aliphatic heterocycles. The molecule has 0 atom stereocenters. The van der Waals surface area contributed by atoms with Crippen molar-refractivity contribution in [3.05, 3.63) is 90.6 Å². The van der Waals surface area contributed by atoms with Crippen molar-refractivity contribution in [3.63, 3.8) is 0 Å². The Morgan fingerprint density at radius 3 is 2.23 bits per heavy atom.